The van der Waals surface area contributed by atoms with Crippen molar-refractivity contribution in [3.05, 3.63) is 114 Å². The summed E-state index contributed by atoms with van der Waals surface area (Å²) >= 11 is 0. The standard InChI is InChI=1S/C38H44N8O4/c1-5-9-28(3)38(26-45-40-35-10-7-8-11-36(35)41-45)49-25-34(50-38)24-48-33-18-16-31(17-19-33)43-22-20-42(21-23-43)30-12-14-32(15-13-30)44-27-39-46(37(44)47)29(4)6-2/h5,7-19,27,29,34H,1,6,20-26H2,2-4H3/b28-9+/t29?,34-,38-/m1/s1. The van der Waals surface area contributed by atoms with Gasteiger partial charge in [-0.3, -0.25) is 0 Å². The van der Waals surface area contributed by atoms with E-state index in [1.54, 1.807) is 26.4 Å². The van der Waals surface area contributed by atoms with Crippen molar-refractivity contribution in [1.29, 1.82) is 0 Å². The van der Waals surface area contributed by atoms with Gasteiger partial charge in [-0.15, -0.1) is 0 Å². The third-order valence-electron chi connectivity index (χ3n) is 9.62. The highest BCUT2D eigenvalue weighted by molar-refractivity contribution is 5.73. The van der Waals surface area contributed by atoms with Gasteiger partial charge in [-0.2, -0.15) is 20.1 Å². The van der Waals surface area contributed by atoms with Crippen LogP contribution in [0.4, 0.5) is 11.4 Å². The molecule has 3 atom stereocenters. The lowest BCUT2D eigenvalue weighted by Gasteiger charge is -2.37. The molecule has 0 spiro atoms. The van der Waals surface area contributed by atoms with Gasteiger partial charge in [-0.05, 0) is 86.5 Å². The normalized spacial score (nSPS) is 20.4. The van der Waals surface area contributed by atoms with Crippen LogP contribution < -0.4 is 20.2 Å². The van der Waals surface area contributed by atoms with Gasteiger partial charge in [0.2, 0.25) is 5.79 Å². The molecule has 7 rings (SSSR count). The SMILES string of the molecule is C=C/C=C(\C)[C@]1(Cn2nc3ccccc3n2)OC[C@@H](COc2ccc(N3CCN(c4ccc(-n5cnn(C(C)CC)c5=O)cc4)CC3)cc2)O1. The average molecular weight is 677 g/mol. The maximum atomic E-state index is 12.8. The van der Waals surface area contributed by atoms with Crippen molar-refractivity contribution in [2.24, 2.45) is 0 Å². The van der Waals surface area contributed by atoms with Gasteiger partial charge in [0.15, 0.2) is 0 Å². The summed E-state index contributed by atoms with van der Waals surface area (Å²) in [4.78, 5) is 19.2. The molecule has 260 valence electrons. The number of hydrogen-bond donors (Lipinski definition) is 0. The second-order valence-electron chi connectivity index (χ2n) is 12.9. The predicted molar refractivity (Wildman–Crippen MR) is 194 cm³/mol. The number of piperazine rings is 1. The Hall–Kier alpha value is -5.20. The van der Waals surface area contributed by atoms with E-state index in [2.05, 4.69) is 62.9 Å². The van der Waals surface area contributed by atoms with Crippen molar-refractivity contribution in [2.75, 3.05) is 49.2 Å². The fourth-order valence-corrected chi connectivity index (χ4v) is 6.48. The van der Waals surface area contributed by atoms with Crippen molar-refractivity contribution < 1.29 is 14.2 Å². The lowest BCUT2D eigenvalue weighted by Crippen LogP contribution is -2.46. The summed E-state index contributed by atoms with van der Waals surface area (Å²) in [5, 5.41) is 13.5. The highest BCUT2D eigenvalue weighted by Crippen LogP contribution is 2.33. The molecule has 0 N–H and O–H groups in total. The quantitative estimate of drug-likeness (QED) is 0.161. The Balaban J connectivity index is 0.916. The van der Waals surface area contributed by atoms with E-state index in [1.165, 1.54) is 0 Å². The monoisotopic (exact) mass is 676 g/mol. The molecule has 0 aliphatic carbocycles. The Morgan fingerprint density at radius 2 is 1.56 bits per heavy atom. The summed E-state index contributed by atoms with van der Waals surface area (Å²) in [6, 6.07) is 24.2. The van der Waals surface area contributed by atoms with Gasteiger partial charge in [0.1, 0.15) is 42.4 Å². The molecule has 1 unspecified atom stereocenters. The second kappa shape index (κ2) is 14.3. The minimum absolute atomic E-state index is 0.0689. The molecular formula is C38H44N8O4. The molecular weight excluding hydrogens is 632 g/mol. The fourth-order valence-electron chi connectivity index (χ4n) is 6.48. The topological polar surface area (TPSA) is 105 Å². The van der Waals surface area contributed by atoms with Crippen LogP contribution in [-0.2, 0) is 16.0 Å². The summed E-state index contributed by atoms with van der Waals surface area (Å²) in [6.45, 7) is 14.5. The minimum Gasteiger partial charge on any atom is -0.491 e. The number of fused-ring (bicyclic) bond motifs is 1. The molecule has 5 aromatic rings. The first kappa shape index (κ1) is 33.3. The van der Waals surface area contributed by atoms with E-state index in [1.807, 2.05) is 68.5 Å². The molecule has 2 aromatic heterocycles. The first-order valence-corrected chi connectivity index (χ1v) is 17.3. The Morgan fingerprint density at radius 3 is 2.16 bits per heavy atom. The Bertz CT molecular complexity index is 1970. The Kier molecular flexibility index (Phi) is 9.55. The van der Waals surface area contributed by atoms with E-state index in [0.717, 1.165) is 72.0 Å². The third-order valence-corrected chi connectivity index (χ3v) is 9.62. The van der Waals surface area contributed by atoms with Crippen LogP contribution in [0.25, 0.3) is 16.7 Å². The van der Waals surface area contributed by atoms with E-state index >= 15 is 0 Å². The van der Waals surface area contributed by atoms with Gasteiger partial charge >= 0.3 is 5.69 Å². The van der Waals surface area contributed by atoms with Crippen LogP contribution in [0, 0.1) is 0 Å². The maximum absolute atomic E-state index is 12.8. The third kappa shape index (κ3) is 6.81. The van der Waals surface area contributed by atoms with Crippen LogP contribution in [0.1, 0.15) is 33.2 Å². The molecule has 2 fully saturated rings. The molecule has 0 saturated carbocycles. The highest BCUT2D eigenvalue weighted by atomic mass is 16.8. The molecule has 0 amide bonds. The minimum atomic E-state index is -1.01. The molecule has 4 heterocycles. The van der Waals surface area contributed by atoms with Crippen molar-refractivity contribution in [3.63, 3.8) is 0 Å². The summed E-state index contributed by atoms with van der Waals surface area (Å²) in [6.07, 6.45) is 5.82. The van der Waals surface area contributed by atoms with Crippen molar-refractivity contribution in [3.8, 4) is 11.4 Å². The van der Waals surface area contributed by atoms with Gasteiger partial charge in [-0.1, -0.05) is 37.8 Å². The summed E-state index contributed by atoms with van der Waals surface area (Å²) in [7, 11) is 0. The smallest absolute Gasteiger partial charge is 0.350 e. The molecule has 3 aromatic carbocycles. The van der Waals surface area contributed by atoms with Crippen LogP contribution in [0.5, 0.6) is 5.75 Å². The molecule has 2 aliphatic heterocycles. The first-order chi connectivity index (χ1) is 24.4. The first-order valence-electron chi connectivity index (χ1n) is 17.3. The summed E-state index contributed by atoms with van der Waals surface area (Å²) in [5.41, 5.74) is 5.55. The largest absolute Gasteiger partial charge is 0.491 e. The maximum Gasteiger partial charge on any atom is 0.350 e. The van der Waals surface area contributed by atoms with E-state index in [-0.39, 0.29) is 17.8 Å². The molecule has 0 radical (unpaired) electrons. The van der Waals surface area contributed by atoms with Crippen LogP contribution in [-0.4, -0.2) is 80.6 Å². The van der Waals surface area contributed by atoms with Crippen molar-refractivity contribution in [2.45, 2.75) is 51.7 Å². The highest BCUT2D eigenvalue weighted by Gasteiger charge is 2.44. The van der Waals surface area contributed by atoms with Gasteiger partial charge in [0, 0.05) is 37.6 Å². The average Bonchev–Trinajstić information content (AvgIpc) is 3.88. The van der Waals surface area contributed by atoms with Gasteiger partial charge in [-0.25, -0.2) is 14.0 Å². The van der Waals surface area contributed by atoms with Crippen LogP contribution in [0.15, 0.2) is 108 Å². The zero-order valence-electron chi connectivity index (χ0n) is 28.9. The Labute approximate surface area is 291 Å². The zero-order chi connectivity index (χ0) is 34.7. The van der Waals surface area contributed by atoms with E-state index in [9.17, 15) is 4.79 Å². The molecule has 50 heavy (non-hydrogen) atoms. The van der Waals surface area contributed by atoms with E-state index < -0.39 is 5.79 Å². The van der Waals surface area contributed by atoms with Crippen LogP contribution >= 0.6 is 0 Å². The van der Waals surface area contributed by atoms with E-state index in [4.69, 9.17) is 14.2 Å². The van der Waals surface area contributed by atoms with Crippen molar-refractivity contribution in [1.82, 2.24) is 29.3 Å². The van der Waals surface area contributed by atoms with Crippen molar-refractivity contribution >= 4 is 22.4 Å². The second-order valence-corrected chi connectivity index (χ2v) is 12.9. The predicted octanol–water partition coefficient (Wildman–Crippen LogP) is 5.40. The number of ether oxygens (including phenoxy) is 3. The molecule has 0 bridgehead atoms. The number of anilines is 2. The number of aromatic nitrogens is 6. The number of hydrogen-bond acceptors (Lipinski definition) is 9. The number of rotatable bonds is 12. The summed E-state index contributed by atoms with van der Waals surface area (Å²) in [5.74, 6) is -0.233. The molecule has 2 aliphatic rings. The molecule has 12 nitrogen and oxygen atoms in total. The number of benzene rings is 3. The van der Waals surface area contributed by atoms with Gasteiger partial charge in [0.05, 0.1) is 18.3 Å². The zero-order valence-corrected chi connectivity index (χ0v) is 28.9. The fraction of sp³-hybridized carbons (Fsp3) is 0.368. The lowest BCUT2D eigenvalue weighted by atomic mass is 10.1. The summed E-state index contributed by atoms with van der Waals surface area (Å²) < 4.78 is 22.1. The molecule has 12 heteroatoms. The van der Waals surface area contributed by atoms with E-state index in [0.29, 0.717) is 19.8 Å². The number of allylic oxidation sites excluding steroid dienone is 2. The molecule has 2 saturated heterocycles. The van der Waals surface area contributed by atoms with Gasteiger partial charge < -0.3 is 24.0 Å². The number of nitrogens with zero attached hydrogens (tertiary/aromatic N) is 8. The van der Waals surface area contributed by atoms with Crippen LogP contribution in [0.3, 0.4) is 0 Å². The Morgan fingerprint density at radius 1 is 0.960 bits per heavy atom. The lowest BCUT2D eigenvalue weighted by molar-refractivity contribution is -0.154. The van der Waals surface area contributed by atoms with Gasteiger partial charge in [0.25, 0.3) is 0 Å². The van der Waals surface area contributed by atoms with Crippen LogP contribution in [0.2, 0.25) is 0 Å².